The van der Waals surface area contributed by atoms with Crippen LogP contribution >= 0.6 is 15.9 Å². The third-order valence-electron chi connectivity index (χ3n) is 2.53. The average molecular weight is 308 g/mol. The Labute approximate surface area is 115 Å². The van der Waals surface area contributed by atoms with E-state index in [-0.39, 0.29) is 6.04 Å². The van der Waals surface area contributed by atoms with Crippen LogP contribution in [-0.4, -0.2) is 17.1 Å². The van der Waals surface area contributed by atoms with Gasteiger partial charge >= 0.3 is 0 Å². The fourth-order valence-electron chi connectivity index (χ4n) is 1.58. The van der Waals surface area contributed by atoms with Crippen LogP contribution < -0.4 is 10.1 Å². The summed E-state index contributed by atoms with van der Waals surface area (Å²) in [6, 6.07) is 9.96. The molecule has 0 aliphatic carbocycles. The normalized spacial score (nSPS) is 11.9. The van der Waals surface area contributed by atoms with Gasteiger partial charge in [-0.05, 0) is 24.6 Å². The molecule has 0 spiro atoms. The van der Waals surface area contributed by atoms with Gasteiger partial charge in [0.15, 0.2) is 0 Å². The monoisotopic (exact) mass is 307 g/mol. The summed E-state index contributed by atoms with van der Waals surface area (Å²) >= 11 is 3.46. The van der Waals surface area contributed by atoms with E-state index in [2.05, 4.69) is 50.3 Å². The van der Waals surface area contributed by atoms with E-state index >= 15 is 0 Å². The Balaban J connectivity index is 2.13. The van der Waals surface area contributed by atoms with Gasteiger partial charge in [0.05, 0.1) is 13.2 Å². The molecule has 18 heavy (non-hydrogen) atoms. The smallest absolute Gasteiger partial charge is 0.226 e. The summed E-state index contributed by atoms with van der Waals surface area (Å²) in [6.45, 7) is 2.06. The Bertz CT molecular complexity index is 533. The van der Waals surface area contributed by atoms with Crippen molar-refractivity contribution >= 4 is 21.9 Å². The number of nitrogens with zero attached hydrogens (tertiary/aromatic N) is 2. The van der Waals surface area contributed by atoms with Crippen molar-refractivity contribution < 1.29 is 4.74 Å². The molecule has 0 aliphatic rings. The van der Waals surface area contributed by atoms with Crippen LogP contribution in [0.25, 0.3) is 0 Å². The van der Waals surface area contributed by atoms with Gasteiger partial charge in [-0.15, -0.1) is 0 Å². The van der Waals surface area contributed by atoms with E-state index in [1.807, 2.05) is 12.1 Å². The summed E-state index contributed by atoms with van der Waals surface area (Å²) in [6.07, 6.45) is 1.67. The molecule has 0 aliphatic heterocycles. The Morgan fingerprint density at radius 3 is 2.89 bits per heavy atom. The molecule has 1 atom stereocenters. The topological polar surface area (TPSA) is 47.0 Å². The molecule has 4 nitrogen and oxygen atoms in total. The molecule has 0 fully saturated rings. The standard InChI is InChI=1S/C13H14BrN3O/c1-9(10-4-3-5-11(14)8-10)16-13-15-7-6-12(17-13)18-2/h3-9H,1-2H3,(H,15,16,17). The van der Waals surface area contributed by atoms with E-state index in [0.29, 0.717) is 11.8 Å². The first kappa shape index (κ1) is 12.8. The second kappa shape index (κ2) is 5.82. The second-order valence-electron chi connectivity index (χ2n) is 3.84. The number of aromatic nitrogens is 2. The molecule has 1 aromatic heterocycles. The third-order valence-corrected chi connectivity index (χ3v) is 3.03. The Morgan fingerprint density at radius 1 is 1.33 bits per heavy atom. The first-order valence-electron chi connectivity index (χ1n) is 5.58. The van der Waals surface area contributed by atoms with E-state index in [1.54, 1.807) is 19.4 Å². The SMILES string of the molecule is COc1ccnc(NC(C)c2cccc(Br)c2)n1. The lowest BCUT2D eigenvalue weighted by atomic mass is 10.1. The minimum Gasteiger partial charge on any atom is -0.481 e. The molecule has 1 aromatic carbocycles. The lowest BCUT2D eigenvalue weighted by Gasteiger charge is -2.14. The summed E-state index contributed by atoms with van der Waals surface area (Å²) in [7, 11) is 1.59. The Morgan fingerprint density at radius 2 is 2.17 bits per heavy atom. The van der Waals surface area contributed by atoms with E-state index in [4.69, 9.17) is 4.74 Å². The summed E-state index contributed by atoms with van der Waals surface area (Å²) in [5.41, 5.74) is 1.16. The third kappa shape index (κ3) is 3.20. The van der Waals surface area contributed by atoms with Gasteiger partial charge in [0, 0.05) is 16.7 Å². The molecule has 0 amide bonds. The molecule has 0 saturated carbocycles. The van der Waals surface area contributed by atoms with Gasteiger partial charge in [-0.1, -0.05) is 28.1 Å². The average Bonchev–Trinajstić information content (AvgIpc) is 2.39. The molecule has 0 bridgehead atoms. The first-order valence-corrected chi connectivity index (χ1v) is 6.37. The predicted octanol–water partition coefficient (Wildman–Crippen LogP) is 3.42. The minimum atomic E-state index is 0.120. The van der Waals surface area contributed by atoms with Crippen LogP contribution in [-0.2, 0) is 0 Å². The number of nitrogens with one attached hydrogen (secondary N) is 1. The van der Waals surface area contributed by atoms with Crippen molar-refractivity contribution in [3.8, 4) is 5.88 Å². The van der Waals surface area contributed by atoms with Crippen molar-refractivity contribution in [3.05, 3.63) is 46.6 Å². The minimum absolute atomic E-state index is 0.120. The number of anilines is 1. The molecular weight excluding hydrogens is 294 g/mol. The second-order valence-corrected chi connectivity index (χ2v) is 4.76. The van der Waals surface area contributed by atoms with E-state index < -0.39 is 0 Å². The Hall–Kier alpha value is -1.62. The van der Waals surface area contributed by atoms with Crippen molar-refractivity contribution in [1.29, 1.82) is 0 Å². The summed E-state index contributed by atoms with van der Waals surface area (Å²) in [4.78, 5) is 8.38. The zero-order valence-corrected chi connectivity index (χ0v) is 11.8. The maximum Gasteiger partial charge on any atom is 0.226 e. The van der Waals surface area contributed by atoms with Crippen LogP contribution in [0.1, 0.15) is 18.5 Å². The highest BCUT2D eigenvalue weighted by Gasteiger charge is 2.07. The van der Waals surface area contributed by atoms with Crippen molar-refractivity contribution in [2.24, 2.45) is 0 Å². The summed E-state index contributed by atoms with van der Waals surface area (Å²) in [5, 5.41) is 3.24. The van der Waals surface area contributed by atoms with Crippen LogP contribution in [0, 0.1) is 0 Å². The largest absolute Gasteiger partial charge is 0.481 e. The van der Waals surface area contributed by atoms with Gasteiger partial charge < -0.3 is 10.1 Å². The molecular formula is C13H14BrN3O. The fraction of sp³-hybridized carbons (Fsp3) is 0.231. The van der Waals surface area contributed by atoms with Gasteiger partial charge in [-0.25, -0.2) is 4.98 Å². The lowest BCUT2D eigenvalue weighted by molar-refractivity contribution is 0.397. The van der Waals surface area contributed by atoms with Crippen LogP contribution in [0.3, 0.4) is 0 Å². The van der Waals surface area contributed by atoms with E-state index in [0.717, 1.165) is 10.0 Å². The number of benzene rings is 1. The molecule has 0 radical (unpaired) electrons. The highest BCUT2D eigenvalue weighted by atomic mass is 79.9. The molecule has 1 unspecified atom stereocenters. The molecule has 2 aromatic rings. The van der Waals surface area contributed by atoms with Crippen molar-refractivity contribution in [1.82, 2.24) is 9.97 Å². The number of rotatable bonds is 4. The highest BCUT2D eigenvalue weighted by Crippen LogP contribution is 2.21. The maximum absolute atomic E-state index is 5.06. The molecule has 2 rings (SSSR count). The van der Waals surface area contributed by atoms with Crippen molar-refractivity contribution in [2.75, 3.05) is 12.4 Å². The quantitative estimate of drug-likeness (QED) is 0.940. The van der Waals surface area contributed by atoms with Crippen molar-refractivity contribution in [2.45, 2.75) is 13.0 Å². The fourth-order valence-corrected chi connectivity index (χ4v) is 2.00. The van der Waals surface area contributed by atoms with Gasteiger partial charge in [0.25, 0.3) is 0 Å². The number of ether oxygens (including phenoxy) is 1. The van der Waals surface area contributed by atoms with Crippen LogP contribution in [0.2, 0.25) is 0 Å². The van der Waals surface area contributed by atoms with Gasteiger partial charge in [0.1, 0.15) is 0 Å². The molecule has 0 saturated heterocycles. The van der Waals surface area contributed by atoms with Gasteiger partial charge in [-0.3, -0.25) is 0 Å². The zero-order chi connectivity index (χ0) is 13.0. The lowest BCUT2D eigenvalue weighted by Crippen LogP contribution is -2.09. The predicted molar refractivity (Wildman–Crippen MR) is 74.8 cm³/mol. The molecule has 94 valence electrons. The Kier molecular flexibility index (Phi) is 4.15. The van der Waals surface area contributed by atoms with Crippen LogP contribution in [0.5, 0.6) is 5.88 Å². The summed E-state index contributed by atoms with van der Waals surface area (Å²) < 4.78 is 6.12. The van der Waals surface area contributed by atoms with E-state index in [9.17, 15) is 0 Å². The van der Waals surface area contributed by atoms with Gasteiger partial charge in [0.2, 0.25) is 11.8 Å². The zero-order valence-electron chi connectivity index (χ0n) is 10.2. The van der Waals surface area contributed by atoms with Crippen LogP contribution in [0.4, 0.5) is 5.95 Å². The highest BCUT2D eigenvalue weighted by molar-refractivity contribution is 9.10. The number of hydrogen-bond donors (Lipinski definition) is 1. The maximum atomic E-state index is 5.06. The molecule has 1 N–H and O–H groups in total. The van der Waals surface area contributed by atoms with Crippen LogP contribution in [0.15, 0.2) is 41.0 Å². The number of methoxy groups -OCH3 is 1. The van der Waals surface area contributed by atoms with Gasteiger partial charge in [-0.2, -0.15) is 4.98 Å². The molecule has 1 heterocycles. The number of halogens is 1. The van der Waals surface area contributed by atoms with Crippen molar-refractivity contribution in [3.63, 3.8) is 0 Å². The molecule has 5 heteroatoms. The summed E-state index contributed by atoms with van der Waals surface area (Å²) in [5.74, 6) is 1.11. The first-order chi connectivity index (χ1) is 8.69. The number of hydrogen-bond acceptors (Lipinski definition) is 4. The van der Waals surface area contributed by atoms with E-state index in [1.165, 1.54) is 0 Å².